The molecule has 0 aromatic heterocycles. The predicted octanol–water partition coefficient (Wildman–Crippen LogP) is 5.58. The van der Waals surface area contributed by atoms with Crippen LogP contribution in [0.5, 0.6) is 0 Å². The fourth-order valence-electron chi connectivity index (χ4n) is 4.05. The van der Waals surface area contributed by atoms with Crippen LogP contribution < -0.4 is 0 Å². The van der Waals surface area contributed by atoms with Crippen LogP contribution in [0.25, 0.3) is 0 Å². The maximum absolute atomic E-state index is 13.4. The Morgan fingerprint density at radius 2 is 1.45 bits per heavy atom. The molecule has 2 aliphatic rings. The Morgan fingerprint density at radius 3 is 1.97 bits per heavy atom. The van der Waals surface area contributed by atoms with Crippen molar-refractivity contribution in [2.24, 2.45) is 11.8 Å². The Hall–Kier alpha value is -1.22. The Balaban J connectivity index is 1.70. The van der Waals surface area contributed by atoms with Crippen LogP contribution in [0.4, 0.5) is 0 Å². The Morgan fingerprint density at radius 1 is 0.935 bits per heavy atom. The third-order valence-corrected chi connectivity index (χ3v) is 9.21. The molecule has 1 saturated carbocycles. The Kier molecular flexibility index (Phi) is 6.91. The lowest BCUT2D eigenvalue weighted by atomic mass is 9.81. The molecule has 1 aliphatic heterocycles. The number of hydrazine groups is 1. The third-order valence-electron chi connectivity index (χ3n) is 5.70. The minimum Gasteiger partial charge on any atom is -0.272 e. The van der Waals surface area contributed by atoms with E-state index in [1.54, 1.807) is 24.3 Å². The molecule has 162 valence electrons. The van der Waals surface area contributed by atoms with Crippen molar-refractivity contribution in [2.75, 3.05) is 0 Å². The van der Waals surface area contributed by atoms with Crippen LogP contribution in [0, 0.1) is 11.8 Å². The molecule has 4 atom stereocenters. The van der Waals surface area contributed by atoms with Gasteiger partial charge in [-0.05, 0) is 54.8 Å². The lowest BCUT2D eigenvalue weighted by molar-refractivity contribution is -0.155. The van der Waals surface area contributed by atoms with Gasteiger partial charge in [-0.25, -0.2) is 5.01 Å². The summed E-state index contributed by atoms with van der Waals surface area (Å²) in [5.41, 5.74) is 1.16. The van der Waals surface area contributed by atoms with Crippen LogP contribution in [0.15, 0.2) is 53.0 Å². The zero-order valence-electron chi connectivity index (χ0n) is 16.2. The average Bonchev–Trinajstić information content (AvgIpc) is 2.98. The second-order valence-electron chi connectivity index (χ2n) is 7.70. The van der Waals surface area contributed by atoms with Crippen molar-refractivity contribution in [2.45, 2.75) is 29.0 Å². The summed E-state index contributed by atoms with van der Waals surface area (Å²) < 4.78 is 0.901. The van der Waals surface area contributed by atoms with Crippen LogP contribution in [0.2, 0.25) is 5.02 Å². The van der Waals surface area contributed by atoms with E-state index < -0.39 is 17.7 Å². The molecular weight excluding hydrogens is 615 g/mol. The molecule has 0 unspecified atom stereocenters. The van der Waals surface area contributed by atoms with Crippen molar-refractivity contribution in [1.29, 1.82) is 0 Å². The zero-order valence-corrected chi connectivity index (χ0v) is 21.7. The minimum atomic E-state index is -0.434. The first-order chi connectivity index (χ1) is 14.8. The summed E-state index contributed by atoms with van der Waals surface area (Å²) in [5.74, 6) is -1.94. The number of amides is 3. The number of hydrogen-bond acceptors (Lipinski definition) is 3. The number of carbonyl (C=O) groups is 3. The van der Waals surface area contributed by atoms with E-state index in [4.69, 9.17) is 11.6 Å². The molecule has 2 aromatic rings. The molecule has 3 amide bonds. The summed E-state index contributed by atoms with van der Waals surface area (Å²) in [6.07, 6.45) is 1.09. The van der Waals surface area contributed by atoms with Crippen LogP contribution in [-0.2, 0) is 16.1 Å². The Bertz CT molecular complexity index is 988. The van der Waals surface area contributed by atoms with Gasteiger partial charge in [-0.1, -0.05) is 71.5 Å². The average molecular weight is 634 g/mol. The predicted molar refractivity (Wildman–Crippen MR) is 129 cm³/mol. The SMILES string of the molecule is O=C(c1ccc(Cl)cc1)N(Cc1ccc(Br)cc1)N1C(=O)[C@H]2C[C@H](Br)[C@@H](Br)C[C@H]2C1=O. The molecule has 1 saturated heterocycles. The number of alkyl halides is 2. The number of imide groups is 1. The van der Waals surface area contributed by atoms with E-state index in [9.17, 15) is 14.4 Å². The van der Waals surface area contributed by atoms with Crippen molar-refractivity contribution in [3.05, 3.63) is 69.2 Å². The highest BCUT2D eigenvalue weighted by Gasteiger charge is 2.54. The number of hydrogen-bond donors (Lipinski definition) is 0. The number of carbonyl (C=O) groups excluding carboxylic acids is 3. The van der Waals surface area contributed by atoms with Gasteiger partial charge in [-0.2, -0.15) is 5.01 Å². The number of benzene rings is 2. The van der Waals surface area contributed by atoms with Gasteiger partial charge in [-0.15, -0.1) is 0 Å². The molecule has 4 rings (SSSR count). The van der Waals surface area contributed by atoms with Gasteiger partial charge < -0.3 is 0 Å². The van der Waals surface area contributed by atoms with Gasteiger partial charge >= 0.3 is 0 Å². The highest BCUT2D eigenvalue weighted by atomic mass is 79.9. The molecule has 0 N–H and O–H groups in total. The fraction of sp³-hybridized carbons (Fsp3) is 0.318. The lowest BCUT2D eigenvalue weighted by Gasteiger charge is -2.30. The van der Waals surface area contributed by atoms with Gasteiger partial charge in [0.1, 0.15) is 0 Å². The number of fused-ring (bicyclic) bond motifs is 1. The monoisotopic (exact) mass is 630 g/mol. The molecule has 0 radical (unpaired) electrons. The van der Waals surface area contributed by atoms with E-state index >= 15 is 0 Å². The quantitative estimate of drug-likeness (QED) is 0.327. The van der Waals surface area contributed by atoms with Crippen LogP contribution in [-0.4, -0.2) is 37.4 Å². The summed E-state index contributed by atoms with van der Waals surface area (Å²) in [6, 6.07) is 13.9. The van der Waals surface area contributed by atoms with Crippen LogP contribution >= 0.6 is 59.4 Å². The summed E-state index contributed by atoms with van der Waals surface area (Å²) in [4.78, 5) is 40.3. The number of nitrogens with zero attached hydrogens (tertiary/aromatic N) is 2. The van der Waals surface area contributed by atoms with E-state index in [0.29, 0.717) is 23.4 Å². The summed E-state index contributed by atoms with van der Waals surface area (Å²) >= 11 is 16.6. The summed E-state index contributed by atoms with van der Waals surface area (Å²) in [7, 11) is 0. The minimum absolute atomic E-state index is 0.0948. The number of rotatable bonds is 4. The molecular formula is C22H18Br3ClN2O3. The first-order valence-electron chi connectivity index (χ1n) is 9.74. The molecule has 2 fully saturated rings. The molecule has 0 bridgehead atoms. The van der Waals surface area contributed by atoms with Gasteiger partial charge in [0.15, 0.2) is 0 Å². The molecule has 1 heterocycles. The van der Waals surface area contributed by atoms with Crippen LogP contribution in [0.1, 0.15) is 28.8 Å². The van der Waals surface area contributed by atoms with Crippen molar-refractivity contribution in [3.8, 4) is 0 Å². The van der Waals surface area contributed by atoms with E-state index in [1.807, 2.05) is 24.3 Å². The van der Waals surface area contributed by atoms with Crippen molar-refractivity contribution >= 4 is 77.1 Å². The lowest BCUT2D eigenvalue weighted by Crippen LogP contribution is -2.49. The molecule has 31 heavy (non-hydrogen) atoms. The molecule has 5 nitrogen and oxygen atoms in total. The summed E-state index contributed by atoms with van der Waals surface area (Å²) in [5, 5.41) is 2.84. The molecule has 9 heteroatoms. The third kappa shape index (κ3) is 4.63. The smallest absolute Gasteiger partial charge is 0.272 e. The van der Waals surface area contributed by atoms with Gasteiger partial charge in [0.05, 0.1) is 18.4 Å². The van der Waals surface area contributed by atoms with Crippen LogP contribution in [0.3, 0.4) is 0 Å². The van der Waals surface area contributed by atoms with Gasteiger partial charge in [-0.3, -0.25) is 14.4 Å². The normalized spacial score (nSPS) is 25.5. The van der Waals surface area contributed by atoms with E-state index in [-0.39, 0.29) is 28.0 Å². The topological polar surface area (TPSA) is 57.7 Å². The molecule has 0 spiro atoms. The molecule has 1 aliphatic carbocycles. The first kappa shape index (κ1) is 23.0. The van der Waals surface area contributed by atoms with E-state index in [1.165, 1.54) is 5.01 Å². The van der Waals surface area contributed by atoms with E-state index in [0.717, 1.165) is 15.0 Å². The standard InChI is InChI=1S/C22H18Br3ClN2O3/c23-14-5-1-12(2-6-14)11-27(20(29)13-3-7-15(26)8-4-13)28-21(30)16-9-18(24)19(25)10-17(16)22(28)31/h1-8,16-19H,9-11H2/t16-,17+,18-,19-/m0/s1. The highest BCUT2D eigenvalue weighted by molar-refractivity contribution is 9.12. The molecule has 2 aromatic carbocycles. The van der Waals surface area contributed by atoms with Gasteiger partial charge in [0.25, 0.3) is 17.7 Å². The summed E-state index contributed by atoms with van der Waals surface area (Å²) in [6.45, 7) is 0.0984. The zero-order chi connectivity index (χ0) is 22.3. The maximum atomic E-state index is 13.4. The van der Waals surface area contributed by atoms with Crippen molar-refractivity contribution in [1.82, 2.24) is 10.0 Å². The van der Waals surface area contributed by atoms with E-state index in [2.05, 4.69) is 47.8 Å². The van der Waals surface area contributed by atoms with Gasteiger partial charge in [0, 0.05) is 24.7 Å². The largest absolute Gasteiger partial charge is 0.273 e. The Labute approximate surface area is 210 Å². The second-order valence-corrected chi connectivity index (χ2v) is 11.4. The maximum Gasteiger partial charge on any atom is 0.273 e. The highest BCUT2D eigenvalue weighted by Crippen LogP contribution is 2.44. The number of halogens is 4. The van der Waals surface area contributed by atoms with Crippen molar-refractivity contribution in [3.63, 3.8) is 0 Å². The van der Waals surface area contributed by atoms with Crippen molar-refractivity contribution < 1.29 is 14.4 Å². The second kappa shape index (κ2) is 9.33. The fourth-order valence-corrected chi connectivity index (χ4v) is 5.68. The first-order valence-corrected chi connectivity index (χ1v) is 12.7. The van der Waals surface area contributed by atoms with Gasteiger partial charge in [0.2, 0.25) is 0 Å².